The van der Waals surface area contributed by atoms with Gasteiger partial charge in [0.2, 0.25) is 0 Å². The summed E-state index contributed by atoms with van der Waals surface area (Å²) < 4.78 is 29.5. The molecular formula is C5H10N4O2. The molecule has 62 valence electrons. The summed E-state index contributed by atoms with van der Waals surface area (Å²) in [6.07, 6.45) is 0. The third-order valence-corrected chi connectivity index (χ3v) is 1.07. The highest BCUT2D eigenvalue weighted by Gasteiger charge is 2.02. The molecule has 1 aromatic heterocycles. The molecule has 1 N–H and O–H groups in total. The summed E-state index contributed by atoms with van der Waals surface area (Å²) >= 11 is 0. The van der Waals surface area contributed by atoms with E-state index >= 15 is 0 Å². The molecule has 0 aliphatic rings. The standard InChI is InChI=1S/C5H10N4O2/c1-2-8-5(11)9(3-4-10)7-6-8/h10H,2-4H2,1H3/i1D2,2D2. The Hall–Kier alpha value is -1.17. The van der Waals surface area contributed by atoms with Crippen molar-refractivity contribution >= 4 is 0 Å². The van der Waals surface area contributed by atoms with Crippen molar-refractivity contribution in [3.8, 4) is 0 Å². The van der Waals surface area contributed by atoms with Crippen molar-refractivity contribution in [1.82, 2.24) is 19.8 Å². The number of aryl methyl sites for hydroxylation is 1. The number of aromatic nitrogens is 4. The number of aliphatic hydroxyl groups is 1. The molecule has 0 aliphatic heterocycles. The van der Waals surface area contributed by atoms with Gasteiger partial charge in [0.15, 0.2) is 0 Å². The fraction of sp³-hybridized carbons (Fsp3) is 0.800. The van der Waals surface area contributed by atoms with E-state index in [4.69, 9.17) is 10.6 Å². The van der Waals surface area contributed by atoms with Crippen LogP contribution in [0.3, 0.4) is 0 Å². The molecule has 0 aromatic carbocycles. The van der Waals surface area contributed by atoms with Crippen LogP contribution in [-0.2, 0) is 13.0 Å². The van der Waals surface area contributed by atoms with Gasteiger partial charge in [-0.1, -0.05) is 0 Å². The van der Waals surface area contributed by atoms with E-state index in [1.807, 2.05) is 0 Å². The Morgan fingerprint density at radius 3 is 3.09 bits per heavy atom. The maximum atomic E-state index is 11.4. The molecule has 0 saturated heterocycles. The average Bonchev–Trinajstić information content (AvgIpc) is 2.49. The van der Waals surface area contributed by atoms with Crippen LogP contribution in [0, 0.1) is 0 Å². The van der Waals surface area contributed by atoms with Gasteiger partial charge in [-0.15, -0.1) is 0 Å². The molecule has 1 rings (SSSR count). The minimum absolute atomic E-state index is 0.102. The highest BCUT2D eigenvalue weighted by atomic mass is 16.3. The second-order valence-corrected chi connectivity index (χ2v) is 1.75. The van der Waals surface area contributed by atoms with E-state index in [0.29, 0.717) is 4.68 Å². The quantitative estimate of drug-likeness (QED) is 0.584. The number of tetrazole rings is 1. The Morgan fingerprint density at radius 2 is 2.45 bits per heavy atom. The summed E-state index contributed by atoms with van der Waals surface area (Å²) in [5.74, 6) is 0. The topological polar surface area (TPSA) is 72.9 Å². The second-order valence-electron chi connectivity index (χ2n) is 1.75. The van der Waals surface area contributed by atoms with Gasteiger partial charge < -0.3 is 5.11 Å². The summed E-state index contributed by atoms with van der Waals surface area (Å²) in [7, 11) is 0. The van der Waals surface area contributed by atoms with E-state index in [2.05, 4.69) is 10.4 Å². The average molecular weight is 162 g/mol. The molecule has 0 atom stereocenters. The third-order valence-electron chi connectivity index (χ3n) is 1.07. The van der Waals surface area contributed by atoms with Gasteiger partial charge in [-0.05, 0) is 17.3 Å². The van der Waals surface area contributed by atoms with Crippen molar-refractivity contribution in [3.05, 3.63) is 10.5 Å². The molecule has 1 aromatic rings. The summed E-state index contributed by atoms with van der Waals surface area (Å²) in [5, 5.41) is 15.1. The van der Waals surface area contributed by atoms with Crippen LogP contribution >= 0.6 is 0 Å². The van der Waals surface area contributed by atoms with Crippen LogP contribution in [0.5, 0.6) is 0 Å². The molecule has 0 fully saturated rings. The highest BCUT2D eigenvalue weighted by Crippen LogP contribution is 1.73. The first-order valence-corrected chi connectivity index (χ1v) is 2.90. The normalized spacial score (nSPS) is 17.3. The van der Waals surface area contributed by atoms with Crippen molar-refractivity contribution in [2.24, 2.45) is 0 Å². The molecule has 0 saturated carbocycles. The van der Waals surface area contributed by atoms with E-state index in [1.165, 1.54) is 0 Å². The van der Waals surface area contributed by atoms with Crippen molar-refractivity contribution < 1.29 is 10.6 Å². The van der Waals surface area contributed by atoms with E-state index in [-0.39, 0.29) is 13.2 Å². The monoisotopic (exact) mass is 162 g/mol. The van der Waals surface area contributed by atoms with E-state index in [9.17, 15) is 4.79 Å². The lowest BCUT2D eigenvalue weighted by Crippen LogP contribution is -2.25. The van der Waals surface area contributed by atoms with Gasteiger partial charge in [0.1, 0.15) is 0 Å². The van der Waals surface area contributed by atoms with Crippen LogP contribution in [0.25, 0.3) is 0 Å². The predicted molar refractivity (Wildman–Crippen MR) is 37.0 cm³/mol. The Kier molecular flexibility index (Phi) is 1.20. The van der Waals surface area contributed by atoms with Crippen LogP contribution in [0.15, 0.2) is 4.79 Å². The smallest absolute Gasteiger partial charge is 0.363 e. The second kappa shape index (κ2) is 3.29. The number of nitrogens with zero attached hydrogens (tertiary/aromatic N) is 4. The minimum atomic E-state index is -2.54. The summed E-state index contributed by atoms with van der Waals surface area (Å²) in [6, 6.07) is 0. The van der Waals surface area contributed by atoms with Crippen LogP contribution < -0.4 is 5.69 Å². The van der Waals surface area contributed by atoms with Crippen LogP contribution in [0.2, 0.25) is 0 Å². The molecule has 0 radical (unpaired) electrons. The van der Waals surface area contributed by atoms with Crippen LogP contribution in [0.1, 0.15) is 12.4 Å². The Bertz CT molecular complexity index is 387. The first-order chi connectivity index (χ1) is 6.91. The van der Waals surface area contributed by atoms with Crippen LogP contribution in [0.4, 0.5) is 0 Å². The van der Waals surface area contributed by atoms with Crippen molar-refractivity contribution in [2.45, 2.75) is 19.9 Å². The van der Waals surface area contributed by atoms with E-state index < -0.39 is 19.1 Å². The fourth-order valence-electron chi connectivity index (χ4n) is 0.590. The van der Waals surface area contributed by atoms with E-state index in [1.54, 1.807) is 0 Å². The molecule has 6 heteroatoms. The minimum Gasteiger partial charge on any atom is -0.394 e. The lowest BCUT2D eigenvalue weighted by Gasteiger charge is -1.90. The SMILES string of the molecule is [2H]C([2H])C([2H])([2H])n1nnn(CCO)c1=O. The van der Waals surface area contributed by atoms with Crippen LogP contribution in [-0.4, -0.2) is 31.5 Å². The van der Waals surface area contributed by atoms with Gasteiger partial charge >= 0.3 is 5.69 Å². The molecule has 0 spiro atoms. The van der Waals surface area contributed by atoms with Crippen molar-refractivity contribution in [3.63, 3.8) is 0 Å². The molecule has 6 nitrogen and oxygen atoms in total. The lowest BCUT2D eigenvalue weighted by molar-refractivity contribution is 0.266. The maximum Gasteiger partial charge on any atom is 0.363 e. The Balaban J connectivity index is 3.12. The Labute approximate surface area is 68.7 Å². The highest BCUT2D eigenvalue weighted by molar-refractivity contribution is 4.56. The first-order valence-electron chi connectivity index (χ1n) is 5.05. The maximum absolute atomic E-state index is 11.4. The third kappa shape index (κ3) is 1.45. The van der Waals surface area contributed by atoms with Gasteiger partial charge in [-0.2, -0.15) is 9.36 Å². The lowest BCUT2D eigenvalue weighted by atomic mass is 10.7. The molecule has 11 heavy (non-hydrogen) atoms. The number of hydrogen-bond donors (Lipinski definition) is 1. The zero-order valence-electron chi connectivity index (χ0n) is 9.64. The molecular weight excluding hydrogens is 148 g/mol. The largest absolute Gasteiger partial charge is 0.394 e. The number of rotatable bonds is 3. The zero-order chi connectivity index (χ0) is 11.6. The van der Waals surface area contributed by atoms with Gasteiger partial charge in [-0.25, -0.2) is 4.79 Å². The Morgan fingerprint density at radius 1 is 1.73 bits per heavy atom. The zero-order valence-corrected chi connectivity index (χ0v) is 5.64. The number of aliphatic hydroxyl groups excluding tert-OH is 1. The molecule has 0 unspecified atom stereocenters. The van der Waals surface area contributed by atoms with Gasteiger partial charge in [0.05, 0.1) is 15.9 Å². The predicted octanol–water partition coefficient (Wildman–Crippen LogP) is -1.55. The van der Waals surface area contributed by atoms with Crippen molar-refractivity contribution in [1.29, 1.82) is 0 Å². The van der Waals surface area contributed by atoms with Gasteiger partial charge in [-0.3, -0.25) is 0 Å². The van der Waals surface area contributed by atoms with Gasteiger partial charge in [0.25, 0.3) is 0 Å². The first kappa shape index (κ1) is 4.01. The van der Waals surface area contributed by atoms with Crippen molar-refractivity contribution in [2.75, 3.05) is 6.61 Å². The summed E-state index contributed by atoms with van der Waals surface area (Å²) in [4.78, 5) is 11.4. The summed E-state index contributed by atoms with van der Waals surface area (Å²) in [6.45, 7) is -4.86. The molecule has 0 amide bonds. The number of hydrogen-bond acceptors (Lipinski definition) is 4. The molecule has 0 aliphatic carbocycles. The molecule has 0 bridgehead atoms. The fourth-order valence-corrected chi connectivity index (χ4v) is 0.590. The van der Waals surface area contributed by atoms with E-state index in [0.717, 1.165) is 4.68 Å². The molecule has 1 heterocycles. The van der Waals surface area contributed by atoms with Gasteiger partial charge in [0, 0.05) is 9.24 Å². The summed E-state index contributed by atoms with van der Waals surface area (Å²) in [5.41, 5.74) is -0.890.